The Bertz CT molecular complexity index is 1320. The van der Waals surface area contributed by atoms with Crippen LogP contribution in [0.25, 0.3) is 5.57 Å². The van der Waals surface area contributed by atoms with E-state index in [0.29, 0.717) is 28.6 Å². The lowest BCUT2D eigenvalue weighted by atomic mass is 9.83. The van der Waals surface area contributed by atoms with Crippen molar-refractivity contribution in [3.63, 3.8) is 0 Å². The monoisotopic (exact) mass is 543 g/mol. The van der Waals surface area contributed by atoms with Gasteiger partial charge in [-0.2, -0.15) is 26.7 Å². The standard InChI is InChI=1S/C24H20F7N5O2/c1-15(2-3-17(11-32)16-4-7-19(8-5-16)38-13-23(27,28)29)24(30,31)22(37,12-36-34-14-33-35-36)20-9-6-18(25)10-21(20)26/h2-11,14,37H,1,12-13,32H2/b3-2-,17-11+. The zero-order valence-electron chi connectivity index (χ0n) is 19.3. The number of aliphatic hydroxyl groups is 1. The van der Waals surface area contributed by atoms with E-state index < -0.39 is 53.6 Å². The molecule has 0 saturated carbocycles. The van der Waals surface area contributed by atoms with Gasteiger partial charge < -0.3 is 15.6 Å². The summed E-state index contributed by atoms with van der Waals surface area (Å²) in [5.74, 6) is -6.86. The van der Waals surface area contributed by atoms with Crippen molar-refractivity contribution in [3.8, 4) is 5.75 Å². The first-order valence-electron chi connectivity index (χ1n) is 10.6. The maximum Gasteiger partial charge on any atom is 0.422 e. The lowest BCUT2D eigenvalue weighted by Crippen LogP contribution is -2.50. The van der Waals surface area contributed by atoms with E-state index in [9.17, 15) is 27.1 Å². The first kappa shape index (κ1) is 28.4. The summed E-state index contributed by atoms with van der Waals surface area (Å²) in [5, 5.41) is 21.5. The van der Waals surface area contributed by atoms with Gasteiger partial charge in [0.1, 0.15) is 23.9 Å². The number of ether oxygens (including phenoxy) is 1. The molecule has 0 bridgehead atoms. The fraction of sp³-hybridized carbons (Fsp3) is 0.208. The molecule has 3 rings (SSSR count). The number of hydrogen-bond donors (Lipinski definition) is 2. The number of alkyl halides is 5. The number of hydrogen-bond acceptors (Lipinski definition) is 6. The minimum Gasteiger partial charge on any atom is -0.484 e. The molecule has 0 saturated heterocycles. The molecule has 0 aliphatic carbocycles. The minimum absolute atomic E-state index is 0.0875. The second-order valence-electron chi connectivity index (χ2n) is 7.93. The molecule has 0 spiro atoms. The average Bonchev–Trinajstić information content (AvgIpc) is 3.35. The van der Waals surface area contributed by atoms with Crippen LogP contribution < -0.4 is 10.5 Å². The third kappa shape index (κ3) is 6.37. The van der Waals surface area contributed by atoms with Gasteiger partial charge >= 0.3 is 12.1 Å². The maximum atomic E-state index is 15.7. The van der Waals surface area contributed by atoms with E-state index in [4.69, 9.17) is 5.73 Å². The predicted octanol–water partition coefficient (Wildman–Crippen LogP) is 4.53. The first-order valence-corrected chi connectivity index (χ1v) is 10.6. The molecule has 2 aromatic carbocycles. The van der Waals surface area contributed by atoms with Crippen LogP contribution >= 0.6 is 0 Å². The fourth-order valence-electron chi connectivity index (χ4n) is 3.36. The number of benzene rings is 2. The molecule has 0 amide bonds. The number of allylic oxidation sites excluding steroid dienone is 3. The fourth-order valence-corrected chi connectivity index (χ4v) is 3.36. The van der Waals surface area contributed by atoms with Crippen molar-refractivity contribution in [2.24, 2.45) is 5.73 Å². The molecular weight excluding hydrogens is 523 g/mol. The van der Waals surface area contributed by atoms with Crippen molar-refractivity contribution in [2.45, 2.75) is 24.2 Å². The van der Waals surface area contributed by atoms with Crippen LogP contribution in [0.2, 0.25) is 0 Å². The van der Waals surface area contributed by atoms with Gasteiger partial charge in [-0.15, -0.1) is 10.2 Å². The Morgan fingerprint density at radius 2 is 1.74 bits per heavy atom. The number of aromatic nitrogens is 4. The van der Waals surface area contributed by atoms with Crippen LogP contribution in [0.3, 0.4) is 0 Å². The zero-order chi connectivity index (χ0) is 28.1. The van der Waals surface area contributed by atoms with Crippen molar-refractivity contribution < 1.29 is 40.6 Å². The van der Waals surface area contributed by atoms with E-state index in [0.717, 1.165) is 24.7 Å². The molecule has 1 heterocycles. The van der Waals surface area contributed by atoms with E-state index >= 15 is 8.78 Å². The third-order valence-electron chi connectivity index (χ3n) is 5.29. The van der Waals surface area contributed by atoms with E-state index in [1.165, 1.54) is 24.3 Å². The lowest BCUT2D eigenvalue weighted by molar-refractivity contribution is -0.174. The summed E-state index contributed by atoms with van der Waals surface area (Å²) < 4.78 is 101. The van der Waals surface area contributed by atoms with E-state index in [2.05, 4.69) is 26.7 Å². The average molecular weight is 543 g/mol. The molecule has 38 heavy (non-hydrogen) atoms. The van der Waals surface area contributed by atoms with Crippen molar-refractivity contribution in [3.05, 3.63) is 102 Å². The van der Waals surface area contributed by atoms with Crippen molar-refractivity contribution >= 4 is 5.57 Å². The highest BCUT2D eigenvalue weighted by Gasteiger charge is 2.57. The maximum absolute atomic E-state index is 15.7. The van der Waals surface area contributed by atoms with Crippen LogP contribution in [0.5, 0.6) is 5.75 Å². The highest BCUT2D eigenvalue weighted by molar-refractivity contribution is 5.74. The van der Waals surface area contributed by atoms with Gasteiger partial charge in [-0.1, -0.05) is 30.9 Å². The molecule has 3 aromatic rings. The van der Waals surface area contributed by atoms with Gasteiger partial charge in [-0.25, -0.2) is 8.78 Å². The first-order chi connectivity index (χ1) is 17.8. The molecule has 0 radical (unpaired) electrons. The molecule has 0 aliphatic heterocycles. The molecule has 0 aliphatic rings. The Hall–Kier alpha value is -4.20. The smallest absolute Gasteiger partial charge is 0.422 e. The molecule has 1 unspecified atom stereocenters. The Labute approximate surface area is 211 Å². The number of tetrazole rings is 1. The predicted molar refractivity (Wildman–Crippen MR) is 121 cm³/mol. The van der Waals surface area contributed by atoms with E-state index in [1.54, 1.807) is 0 Å². The topological polar surface area (TPSA) is 99.1 Å². The number of nitrogens with zero attached hydrogens (tertiary/aromatic N) is 4. The summed E-state index contributed by atoms with van der Waals surface area (Å²) in [6.07, 6.45) is -0.659. The SMILES string of the molecule is C=C(/C=C\C(=C/N)c1ccc(OCC(F)(F)F)cc1)C(F)(F)C(O)(Cn1ncnn1)c1ccc(F)cc1F. The molecular formula is C24H20F7N5O2. The molecule has 1 atom stereocenters. The summed E-state index contributed by atoms with van der Waals surface area (Å²) in [4.78, 5) is 0.599. The summed E-state index contributed by atoms with van der Waals surface area (Å²) in [6.45, 7) is 0.730. The van der Waals surface area contributed by atoms with Gasteiger partial charge in [0, 0.05) is 23.4 Å². The molecule has 7 nitrogen and oxygen atoms in total. The number of rotatable bonds is 10. The van der Waals surface area contributed by atoms with Gasteiger partial charge in [-0.05, 0) is 40.6 Å². The number of halogens is 7. The van der Waals surface area contributed by atoms with Crippen LogP contribution in [-0.4, -0.2) is 44.0 Å². The van der Waals surface area contributed by atoms with Crippen molar-refractivity contribution in [2.75, 3.05) is 6.61 Å². The highest BCUT2D eigenvalue weighted by atomic mass is 19.4. The normalized spacial score (nSPS) is 14.5. The largest absolute Gasteiger partial charge is 0.484 e. The molecule has 1 aromatic heterocycles. The second-order valence-corrected chi connectivity index (χ2v) is 7.93. The zero-order valence-corrected chi connectivity index (χ0v) is 19.3. The third-order valence-corrected chi connectivity index (χ3v) is 5.29. The summed E-state index contributed by atoms with van der Waals surface area (Å²) in [5.41, 5.74) is 0.787. The molecule has 0 fully saturated rings. The summed E-state index contributed by atoms with van der Waals surface area (Å²) in [6, 6.07) is 6.84. The van der Waals surface area contributed by atoms with E-state index in [1.807, 2.05) is 0 Å². The van der Waals surface area contributed by atoms with Crippen LogP contribution in [0, 0.1) is 11.6 Å². The van der Waals surface area contributed by atoms with Gasteiger partial charge in [0.25, 0.3) is 0 Å². The van der Waals surface area contributed by atoms with E-state index in [-0.39, 0.29) is 11.3 Å². The van der Waals surface area contributed by atoms with Gasteiger partial charge in [0.05, 0.1) is 0 Å². The lowest BCUT2D eigenvalue weighted by Gasteiger charge is -2.36. The molecule has 202 valence electrons. The quantitative estimate of drug-likeness (QED) is 0.288. The summed E-state index contributed by atoms with van der Waals surface area (Å²) in [7, 11) is 0. The van der Waals surface area contributed by atoms with Gasteiger partial charge in [0.2, 0.25) is 0 Å². The van der Waals surface area contributed by atoms with Gasteiger partial charge in [0.15, 0.2) is 18.5 Å². The minimum atomic E-state index is -4.53. The van der Waals surface area contributed by atoms with Crippen LogP contribution in [0.15, 0.2) is 79.3 Å². The second kappa shape index (κ2) is 11.0. The highest BCUT2D eigenvalue weighted by Crippen LogP contribution is 2.45. The van der Waals surface area contributed by atoms with Crippen LogP contribution in [-0.2, 0) is 12.1 Å². The van der Waals surface area contributed by atoms with Crippen LogP contribution in [0.4, 0.5) is 30.7 Å². The Morgan fingerprint density at radius 3 is 2.29 bits per heavy atom. The molecule has 14 heteroatoms. The van der Waals surface area contributed by atoms with Crippen molar-refractivity contribution in [1.82, 2.24) is 20.2 Å². The number of nitrogens with two attached hydrogens (primary N) is 1. The Balaban J connectivity index is 1.88. The Morgan fingerprint density at radius 1 is 1.05 bits per heavy atom. The Kier molecular flexibility index (Phi) is 8.25. The van der Waals surface area contributed by atoms with Crippen LogP contribution in [0.1, 0.15) is 11.1 Å². The van der Waals surface area contributed by atoms with Crippen molar-refractivity contribution in [1.29, 1.82) is 0 Å². The van der Waals surface area contributed by atoms with Gasteiger partial charge in [-0.3, -0.25) is 0 Å². The molecule has 3 N–H and O–H groups in total. The summed E-state index contributed by atoms with van der Waals surface area (Å²) >= 11 is 0.